The van der Waals surface area contributed by atoms with E-state index >= 15 is 0 Å². The van der Waals surface area contributed by atoms with Crippen molar-refractivity contribution in [2.45, 2.75) is 26.8 Å². The Morgan fingerprint density at radius 1 is 1.11 bits per heavy atom. The molecular weight excluding hydrogens is 376 g/mol. The molecule has 0 atom stereocenters. The molecule has 0 heterocycles. The van der Waals surface area contributed by atoms with Crippen LogP contribution >= 0.6 is 11.6 Å². The number of halogens is 1. The number of carbonyl (C=O) groups is 1. The Bertz CT molecular complexity index is 807. The number of rotatable bonds is 8. The number of hydrogen-bond acceptors (Lipinski definition) is 3. The lowest BCUT2D eigenvalue weighted by Gasteiger charge is -2.13. The zero-order valence-corrected chi connectivity index (χ0v) is 17.3. The van der Waals surface area contributed by atoms with E-state index in [9.17, 15) is 4.79 Å². The van der Waals surface area contributed by atoms with Gasteiger partial charge in [-0.25, -0.2) is 4.99 Å². The fourth-order valence-electron chi connectivity index (χ4n) is 2.63. The number of guanidine groups is 1. The van der Waals surface area contributed by atoms with Crippen molar-refractivity contribution in [1.29, 1.82) is 0 Å². The number of ether oxygens (including phenoxy) is 1. The molecule has 0 unspecified atom stereocenters. The minimum Gasteiger partial charge on any atom is -0.495 e. The summed E-state index contributed by atoms with van der Waals surface area (Å²) in [6.45, 7) is 5.50. The first-order chi connectivity index (χ1) is 13.5. The molecule has 2 aromatic carbocycles. The highest BCUT2D eigenvalue weighted by molar-refractivity contribution is 6.30. The highest BCUT2D eigenvalue weighted by Crippen LogP contribution is 2.25. The average molecular weight is 403 g/mol. The number of hydrogen-bond donors (Lipinski definition) is 3. The maximum Gasteiger partial charge on any atom is 0.221 e. The zero-order chi connectivity index (χ0) is 20.4. The molecule has 0 aliphatic rings. The predicted molar refractivity (Wildman–Crippen MR) is 115 cm³/mol. The first-order valence-electron chi connectivity index (χ1n) is 9.23. The van der Waals surface area contributed by atoms with Gasteiger partial charge in [-0.3, -0.25) is 4.79 Å². The molecule has 7 heteroatoms. The van der Waals surface area contributed by atoms with Crippen molar-refractivity contribution < 1.29 is 9.53 Å². The van der Waals surface area contributed by atoms with Crippen molar-refractivity contribution in [3.05, 3.63) is 58.6 Å². The van der Waals surface area contributed by atoms with Crippen LogP contribution in [-0.4, -0.2) is 32.1 Å². The smallest absolute Gasteiger partial charge is 0.221 e. The Kier molecular flexibility index (Phi) is 8.62. The third kappa shape index (κ3) is 7.12. The quantitative estimate of drug-likeness (QED) is 0.466. The van der Waals surface area contributed by atoms with Gasteiger partial charge in [-0.1, -0.05) is 29.8 Å². The number of carbonyl (C=O) groups excluding carboxylic acids is 1. The molecule has 28 heavy (non-hydrogen) atoms. The lowest BCUT2D eigenvalue weighted by molar-refractivity contribution is -0.114. The topological polar surface area (TPSA) is 74.8 Å². The van der Waals surface area contributed by atoms with Gasteiger partial charge in [-0.2, -0.15) is 0 Å². The normalized spacial score (nSPS) is 11.1. The van der Waals surface area contributed by atoms with E-state index in [1.807, 2.05) is 49.4 Å². The first kappa shape index (κ1) is 21.6. The Morgan fingerprint density at radius 3 is 2.46 bits per heavy atom. The fraction of sp³-hybridized carbons (Fsp3) is 0.333. The van der Waals surface area contributed by atoms with E-state index < -0.39 is 0 Å². The lowest BCUT2D eigenvalue weighted by atomic mass is 10.1. The van der Waals surface area contributed by atoms with E-state index in [0.29, 0.717) is 18.0 Å². The van der Waals surface area contributed by atoms with Gasteiger partial charge in [0.1, 0.15) is 5.75 Å². The number of nitrogens with one attached hydrogen (secondary N) is 3. The van der Waals surface area contributed by atoms with Crippen molar-refractivity contribution in [3.8, 4) is 5.75 Å². The van der Waals surface area contributed by atoms with Crippen LogP contribution in [0.2, 0.25) is 5.02 Å². The molecular formula is C21H27ClN4O2. The molecule has 0 fully saturated rings. The summed E-state index contributed by atoms with van der Waals surface area (Å²) < 4.78 is 5.28. The third-order valence-corrected chi connectivity index (χ3v) is 4.21. The second-order valence-corrected chi connectivity index (χ2v) is 6.65. The molecule has 0 aliphatic carbocycles. The molecule has 2 aromatic rings. The molecule has 0 bridgehead atoms. The predicted octanol–water partition coefficient (Wildman–Crippen LogP) is 3.60. The molecule has 0 saturated carbocycles. The highest BCUT2D eigenvalue weighted by Gasteiger charge is 2.06. The van der Waals surface area contributed by atoms with Crippen LogP contribution in [-0.2, 0) is 17.8 Å². The summed E-state index contributed by atoms with van der Waals surface area (Å²) in [5.41, 5.74) is 2.82. The van der Waals surface area contributed by atoms with Gasteiger partial charge in [0, 0.05) is 25.0 Å². The summed E-state index contributed by atoms with van der Waals surface area (Å²) in [6.07, 6.45) is 0.872. The SMILES string of the molecule is CCNC(=NCc1ccc(OC)c(NC(C)=O)c1)NCCc1ccc(Cl)cc1. The van der Waals surface area contributed by atoms with Gasteiger partial charge in [0.05, 0.1) is 19.3 Å². The van der Waals surface area contributed by atoms with Gasteiger partial charge in [0.15, 0.2) is 5.96 Å². The zero-order valence-electron chi connectivity index (χ0n) is 16.5. The Hall–Kier alpha value is -2.73. The summed E-state index contributed by atoms with van der Waals surface area (Å²) in [4.78, 5) is 16.0. The van der Waals surface area contributed by atoms with Crippen LogP contribution < -0.4 is 20.7 Å². The third-order valence-electron chi connectivity index (χ3n) is 3.96. The second-order valence-electron chi connectivity index (χ2n) is 6.21. The number of methoxy groups -OCH3 is 1. The molecule has 0 aromatic heterocycles. The molecule has 1 amide bonds. The second kappa shape index (κ2) is 11.2. The van der Waals surface area contributed by atoms with E-state index in [-0.39, 0.29) is 5.91 Å². The average Bonchev–Trinajstić information content (AvgIpc) is 2.67. The van der Waals surface area contributed by atoms with Crippen LogP contribution in [0.15, 0.2) is 47.5 Å². The Labute approximate surface area is 171 Å². The number of aliphatic imine (C=N–C) groups is 1. The van der Waals surface area contributed by atoms with Crippen molar-refractivity contribution in [3.63, 3.8) is 0 Å². The van der Waals surface area contributed by atoms with E-state index in [0.717, 1.165) is 36.1 Å². The summed E-state index contributed by atoms with van der Waals surface area (Å²) in [5, 5.41) is 10.1. The number of amides is 1. The Morgan fingerprint density at radius 2 is 1.82 bits per heavy atom. The Balaban J connectivity index is 1.99. The van der Waals surface area contributed by atoms with E-state index in [1.165, 1.54) is 12.5 Å². The van der Waals surface area contributed by atoms with Crippen LogP contribution in [0.1, 0.15) is 25.0 Å². The molecule has 6 nitrogen and oxygen atoms in total. The number of nitrogens with zero attached hydrogens (tertiary/aromatic N) is 1. The standard InChI is InChI=1S/C21H27ClN4O2/c1-4-23-21(24-12-11-16-5-8-18(22)9-6-16)25-14-17-7-10-20(28-3)19(13-17)26-15(2)27/h5-10,13H,4,11-12,14H2,1-3H3,(H,26,27)(H2,23,24,25). The molecule has 0 saturated heterocycles. The maximum absolute atomic E-state index is 11.4. The van der Waals surface area contributed by atoms with Crippen LogP contribution in [0.25, 0.3) is 0 Å². The fourth-order valence-corrected chi connectivity index (χ4v) is 2.76. The van der Waals surface area contributed by atoms with E-state index in [4.69, 9.17) is 16.3 Å². The van der Waals surface area contributed by atoms with Gasteiger partial charge in [-0.15, -0.1) is 0 Å². The van der Waals surface area contributed by atoms with Crippen molar-refractivity contribution >= 4 is 29.2 Å². The number of anilines is 1. The first-order valence-corrected chi connectivity index (χ1v) is 9.60. The minimum atomic E-state index is -0.142. The molecule has 0 spiro atoms. The largest absolute Gasteiger partial charge is 0.495 e. The molecule has 2 rings (SSSR count). The van der Waals surface area contributed by atoms with Gasteiger partial charge < -0.3 is 20.7 Å². The van der Waals surface area contributed by atoms with E-state index in [1.54, 1.807) is 7.11 Å². The van der Waals surface area contributed by atoms with Crippen LogP contribution in [0.5, 0.6) is 5.75 Å². The van der Waals surface area contributed by atoms with Crippen LogP contribution in [0.3, 0.4) is 0 Å². The molecule has 0 aliphatic heterocycles. The molecule has 0 radical (unpaired) electrons. The monoisotopic (exact) mass is 402 g/mol. The highest BCUT2D eigenvalue weighted by atomic mass is 35.5. The lowest BCUT2D eigenvalue weighted by Crippen LogP contribution is -2.38. The maximum atomic E-state index is 11.4. The van der Waals surface area contributed by atoms with Gasteiger partial charge in [0.25, 0.3) is 0 Å². The summed E-state index contributed by atoms with van der Waals surface area (Å²) in [5.74, 6) is 1.22. The summed E-state index contributed by atoms with van der Waals surface area (Å²) >= 11 is 5.92. The molecule has 3 N–H and O–H groups in total. The van der Waals surface area contributed by atoms with Crippen LogP contribution in [0, 0.1) is 0 Å². The van der Waals surface area contributed by atoms with Crippen molar-refractivity contribution in [2.24, 2.45) is 4.99 Å². The van der Waals surface area contributed by atoms with Gasteiger partial charge >= 0.3 is 0 Å². The summed E-state index contributed by atoms with van der Waals surface area (Å²) in [6, 6.07) is 13.5. The molecule has 150 valence electrons. The number of benzene rings is 2. The minimum absolute atomic E-state index is 0.142. The van der Waals surface area contributed by atoms with Gasteiger partial charge in [0.2, 0.25) is 5.91 Å². The van der Waals surface area contributed by atoms with Crippen molar-refractivity contribution in [2.75, 3.05) is 25.5 Å². The summed E-state index contributed by atoms with van der Waals surface area (Å²) in [7, 11) is 1.58. The van der Waals surface area contributed by atoms with Crippen molar-refractivity contribution in [1.82, 2.24) is 10.6 Å². The van der Waals surface area contributed by atoms with Crippen LogP contribution in [0.4, 0.5) is 5.69 Å². The van der Waals surface area contributed by atoms with Gasteiger partial charge in [-0.05, 0) is 48.7 Å². The van der Waals surface area contributed by atoms with E-state index in [2.05, 4.69) is 20.9 Å².